The van der Waals surface area contributed by atoms with E-state index in [9.17, 15) is 14.0 Å². The third-order valence-corrected chi connectivity index (χ3v) is 4.06. The molecule has 2 rings (SSSR count). The maximum atomic E-state index is 13.7. The van der Waals surface area contributed by atoms with Crippen LogP contribution >= 0.6 is 15.9 Å². The number of carbonyl (C=O) groups is 2. The van der Waals surface area contributed by atoms with Crippen molar-refractivity contribution in [1.82, 2.24) is 0 Å². The fraction of sp³-hybridized carbons (Fsp3) is 0.263. The first-order chi connectivity index (χ1) is 13.3. The van der Waals surface area contributed by atoms with Gasteiger partial charge in [-0.25, -0.2) is 9.18 Å². The number of ether oxygens (including phenoxy) is 4. The van der Waals surface area contributed by atoms with Crippen molar-refractivity contribution >= 4 is 33.5 Å². The molecule has 0 spiro atoms. The molecule has 1 amide bonds. The predicted octanol–water partition coefficient (Wildman–Crippen LogP) is 3.55. The normalized spacial score (nSPS) is 11.3. The summed E-state index contributed by atoms with van der Waals surface area (Å²) < 4.78 is 34.6. The van der Waals surface area contributed by atoms with E-state index in [1.54, 1.807) is 24.3 Å². The molecule has 28 heavy (non-hydrogen) atoms. The summed E-state index contributed by atoms with van der Waals surface area (Å²) in [7, 11) is 2.97. The van der Waals surface area contributed by atoms with Crippen LogP contribution in [0.1, 0.15) is 6.92 Å². The van der Waals surface area contributed by atoms with Gasteiger partial charge in [0.05, 0.1) is 14.2 Å². The van der Waals surface area contributed by atoms with Crippen molar-refractivity contribution in [2.45, 2.75) is 13.0 Å². The quantitative estimate of drug-likeness (QED) is 0.612. The Morgan fingerprint density at radius 3 is 2.39 bits per heavy atom. The van der Waals surface area contributed by atoms with Gasteiger partial charge in [0.15, 0.2) is 35.8 Å². The van der Waals surface area contributed by atoms with Gasteiger partial charge in [-0.1, -0.05) is 15.9 Å². The molecule has 0 aliphatic rings. The first-order valence-electron chi connectivity index (χ1n) is 8.14. The lowest BCUT2D eigenvalue weighted by Crippen LogP contribution is -2.31. The Hall–Kier alpha value is -2.81. The van der Waals surface area contributed by atoms with Crippen LogP contribution in [-0.4, -0.2) is 38.8 Å². The second-order valence-electron chi connectivity index (χ2n) is 5.55. The van der Waals surface area contributed by atoms with E-state index in [1.807, 2.05) is 0 Å². The molecule has 0 aromatic heterocycles. The molecular formula is C19H19BrFNO6. The molecule has 7 nitrogen and oxygen atoms in total. The largest absolute Gasteiger partial charge is 0.493 e. The molecule has 0 saturated carbocycles. The van der Waals surface area contributed by atoms with Crippen molar-refractivity contribution in [3.05, 3.63) is 46.7 Å². The van der Waals surface area contributed by atoms with Crippen molar-refractivity contribution in [3.8, 4) is 17.2 Å². The van der Waals surface area contributed by atoms with Crippen LogP contribution in [0.3, 0.4) is 0 Å². The maximum Gasteiger partial charge on any atom is 0.344 e. The van der Waals surface area contributed by atoms with Crippen LogP contribution < -0.4 is 19.5 Å². The van der Waals surface area contributed by atoms with E-state index in [0.29, 0.717) is 21.7 Å². The van der Waals surface area contributed by atoms with Crippen LogP contribution in [0.15, 0.2) is 40.9 Å². The van der Waals surface area contributed by atoms with E-state index in [4.69, 9.17) is 18.9 Å². The van der Waals surface area contributed by atoms with Crippen LogP contribution in [0.2, 0.25) is 0 Å². The molecule has 1 N–H and O–H groups in total. The SMILES string of the molecule is COc1ccc(NC(=O)C(C)OC(=O)COc2ccc(Br)cc2F)cc1OC. The average Bonchev–Trinajstić information content (AvgIpc) is 2.67. The van der Waals surface area contributed by atoms with Crippen molar-refractivity contribution < 1.29 is 32.9 Å². The molecule has 1 atom stereocenters. The van der Waals surface area contributed by atoms with Crippen molar-refractivity contribution in [1.29, 1.82) is 0 Å². The smallest absolute Gasteiger partial charge is 0.344 e. The Bertz CT molecular complexity index is 860. The molecular weight excluding hydrogens is 437 g/mol. The summed E-state index contributed by atoms with van der Waals surface area (Å²) >= 11 is 3.12. The summed E-state index contributed by atoms with van der Waals surface area (Å²) in [5.74, 6) is -1.12. The zero-order chi connectivity index (χ0) is 20.7. The molecule has 2 aromatic rings. The number of rotatable bonds is 8. The number of halogens is 2. The molecule has 9 heteroatoms. The topological polar surface area (TPSA) is 83.1 Å². The van der Waals surface area contributed by atoms with Crippen molar-refractivity contribution in [3.63, 3.8) is 0 Å². The van der Waals surface area contributed by atoms with E-state index >= 15 is 0 Å². The number of benzene rings is 2. The summed E-state index contributed by atoms with van der Waals surface area (Å²) in [6.45, 7) is 0.876. The van der Waals surface area contributed by atoms with Crippen molar-refractivity contribution in [2.75, 3.05) is 26.1 Å². The van der Waals surface area contributed by atoms with Crippen molar-refractivity contribution in [2.24, 2.45) is 0 Å². The molecule has 0 heterocycles. The minimum atomic E-state index is -1.08. The highest BCUT2D eigenvalue weighted by Gasteiger charge is 2.19. The van der Waals surface area contributed by atoms with E-state index in [-0.39, 0.29) is 5.75 Å². The Labute approximate surface area is 169 Å². The molecule has 150 valence electrons. The minimum Gasteiger partial charge on any atom is -0.493 e. The molecule has 0 bridgehead atoms. The standard InChI is InChI=1S/C19H19BrFNO6/c1-11(19(24)22-13-5-7-16(25-2)17(9-13)26-3)28-18(23)10-27-15-6-4-12(20)8-14(15)21/h4-9,11H,10H2,1-3H3,(H,22,24). The summed E-state index contributed by atoms with van der Waals surface area (Å²) in [6.07, 6.45) is -1.08. The summed E-state index contributed by atoms with van der Waals surface area (Å²) in [6, 6.07) is 8.98. The molecule has 2 aromatic carbocycles. The lowest BCUT2D eigenvalue weighted by Gasteiger charge is -2.15. The third kappa shape index (κ3) is 5.85. The Morgan fingerprint density at radius 1 is 1.07 bits per heavy atom. The van der Waals surface area contributed by atoms with Gasteiger partial charge >= 0.3 is 5.97 Å². The molecule has 0 radical (unpaired) electrons. The van der Waals surface area contributed by atoms with Gasteiger partial charge in [0.25, 0.3) is 5.91 Å². The molecule has 1 unspecified atom stereocenters. The van der Waals surface area contributed by atoms with E-state index in [2.05, 4.69) is 21.2 Å². The number of amides is 1. The van der Waals surface area contributed by atoms with Gasteiger partial charge in [0.1, 0.15) is 0 Å². The fourth-order valence-electron chi connectivity index (χ4n) is 2.17. The fourth-order valence-corrected chi connectivity index (χ4v) is 2.50. The van der Waals surface area contributed by atoms with E-state index < -0.39 is 30.4 Å². The highest BCUT2D eigenvalue weighted by Crippen LogP contribution is 2.29. The maximum absolute atomic E-state index is 13.7. The van der Waals surface area contributed by atoms with Gasteiger partial charge in [0, 0.05) is 16.2 Å². The van der Waals surface area contributed by atoms with Gasteiger partial charge in [-0.05, 0) is 37.3 Å². The summed E-state index contributed by atoms with van der Waals surface area (Å²) in [4.78, 5) is 24.1. The minimum absolute atomic E-state index is 0.0948. The molecule has 0 saturated heterocycles. The van der Waals surface area contributed by atoms with Gasteiger partial charge in [-0.15, -0.1) is 0 Å². The number of hydrogen-bond acceptors (Lipinski definition) is 6. The molecule has 0 aliphatic heterocycles. The predicted molar refractivity (Wildman–Crippen MR) is 103 cm³/mol. The second-order valence-corrected chi connectivity index (χ2v) is 6.47. The lowest BCUT2D eigenvalue weighted by atomic mass is 10.2. The Balaban J connectivity index is 1.88. The number of methoxy groups -OCH3 is 2. The molecule has 0 aliphatic carbocycles. The van der Waals surface area contributed by atoms with Crippen LogP contribution in [0.25, 0.3) is 0 Å². The van der Waals surface area contributed by atoms with Gasteiger partial charge in [0.2, 0.25) is 0 Å². The highest BCUT2D eigenvalue weighted by atomic mass is 79.9. The monoisotopic (exact) mass is 455 g/mol. The first-order valence-corrected chi connectivity index (χ1v) is 8.93. The van der Waals surface area contributed by atoms with Crippen LogP contribution in [-0.2, 0) is 14.3 Å². The number of esters is 1. The third-order valence-electron chi connectivity index (χ3n) is 3.57. The first kappa shape index (κ1) is 21.5. The van der Waals surface area contributed by atoms with Crippen LogP contribution in [0.4, 0.5) is 10.1 Å². The van der Waals surface area contributed by atoms with Crippen LogP contribution in [0, 0.1) is 5.82 Å². The summed E-state index contributed by atoms with van der Waals surface area (Å²) in [5.41, 5.74) is 0.443. The number of hydrogen-bond donors (Lipinski definition) is 1. The van der Waals surface area contributed by atoms with Crippen LogP contribution in [0.5, 0.6) is 17.2 Å². The van der Waals surface area contributed by atoms with E-state index in [1.165, 1.54) is 33.3 Å². The van der Waals surface area contributed by atoms with E-state index in [0.717, 1.165) is 0 Å². The molecule has 0 fully saturated rings. The number of anilines is 1. The second kappa shape index (κ2) is 9.93. The Morgan fingerprint density at radius 2 is 1.75 bits per heavy atom. The zero-order valence-corrected chi connectivity index (χ0v) is 17.0. The highest BCUT2D eigenvalue weighted by molar-refractivity contribution is 9.10. The lowest BCUT2D eigenvalue weighted by molar-refractivity contribution is -0.155. The number of nitrogens with one attached hydrogen (secondary N) is 1. The Kier molecular flexibility index (Phi) is 7.62. The zero-order valence-electron chi connectivity index (χ0n) is 15.5. The number of carbonyl (C=O) groups excluding carboxylic acids is 2. The summed E-state index contributed by atoms with van der Waals surface area (Å²) in [5, 5.41) is 2.60. The van der Waals surface area contributed by atoms with Gasteiger partial charge < -0.3 is 24.3 Å². The average molecular weight is 456 g/mol. The van der Waals surface area contributed by atoms with Gasteiger partial charge in [-0.2, -0.15) is 0 Å². The van der Waals surface area contributed by atoms with Gasteiger partial charge in [-0.3, -0.25) is 4.79 Å².